The molecule has 108 valence electrons. The quantitative estimate of drug-likeness (QED) is 0.798. The Morgan fingerprint density at radius 3 is 2.76 bits per heavy atom. The zero-order chi connectivity index (χ0) is 15.0. The van der Waals surface area contributed by atoms with Crippen molar-refractivity contribution in [3.05, 3.63) is 58.3 Å². The molecule has 0 saturated heterocycles. The fraction of sp³-hybridized carbons (Fsp3) is 0.200. The van der Waals surface area contributed by atoms with E-state index in [0.29, 0.717) is 23.4 Å². The number of halogens is 1. The number of rotatable bonds is 3. The van der Waals surface area contributed by atoms with Crippen LogP contribution in [0.5, 0.6) is 0 Å². The van der Waals surface area contributed by atoms with Crippen molar-refractivity contribution in [2.45, 2.75) is 20.0 Å². The van der Waals surface area contributed by atoms with Crippen molar-refractivity contribution in [3.63, 3.8) is 0 Å². The maximum Gasteiger partial charge on any atom is 0.274 e. The van der Waals surface area contributed by atoms with Gasteiger partial charge in [-0.05, 0) is 19.1 Å². The van der Waals surface area contributed by atoms with Crippen molar-refractivity contribution >= 4 is 5.65 Å². The Morgan fingerprint density at radius 2 is 2.10 bits per heavy atom. The van der Waals surface area contributed by atoms with Gasteiger partial charge in [-0.25, -0.2) is 4.39 Å². The van der Waals surface area contributed by atoms with E-state index in [4.69, 9.17) is 5.73 Å². The highest BCUT2D eigenvalue weighted by molar-refractivity contribution is 5.64. The van der Waals surface area contributed by atoms with Gasteiger partial charge in [0.15, 0.2) is 0 Å². The molecule has 6 heteroatoms. The third-order valence-electron chi connectivity index (χ3n) is 3.46. The second-order valence-corrected chi connectivity index (χ2v) is 4.73. The lowest BCUT2D eigenvalue weighted by Crippen LogP contribution is -2.22. The van der Waals surface area contributed by atoms with Crippen molar-refractivity contribution in [2.24, 2.45) is 5.73 Å². The Labute approximate surface area is 120 Å². The standard InChI is InChI=1S/C15H15FN4O/c1-2-19-12(9-17)7-15(21)20-14(19)8-13(18-20)10-4-3-5-11(16)6-10/h3-8H,2,9,17H2,1H3. The maximum absolute atomic E-state index is 13.3. The van der Waals surface area contributed by atoms with Gasteiger partial charge in [0.05, 0.1) is 5.69 Å². The molecule has 0 fully saturated rings. The molecule has 0 aliphatic heterocycles. The van der Waals surface area contributed by atoms with Crippen LogP contribution in [0.1, 0.15) is 12.6 Å². The summed E-state index contributed by atoms with van der Waals surface area (Å²) in [6, 6.07) is 9.41. The van der Waals surface area contributed by atoms with Crippen LogP contribution < -0.4 is 11.3 Å². The predicted octanol–water partition coefficient (Wildman–Crippen LogP) is 1.78. The van der Waals surface area contributed by atoms with Crippen LogP contribution in [0.15, 0.2) is 41.2 Å². The van der Waals surface area contributed by atoms with Gasteiger partial charge in [-0.2, -0.15) is 9.61 Å². The van der Waals surface area contributed by atoms with Crippen molar-refractivity contribution in [1.29, 1.82) is 0 Å². The number of nitrogens with two attached hydrogens (primary N) is 1. The third kappa shape index (κ3) is 2.23. The number of aryl methyl sites for hydroxylation is 1. The molecule has 0 unspecified atom stereocenters. The molecule has 3 aromatic rings. The lowest BCUT2D eigenvalue weighted by Gasteiger charge is -2.10. The van der Waals surface area contributed by atoms with Crippen LogP contribution in [0, 0.1) is 5.82 Å². The number of fused-ring (bicyclic) bond motifs is 1. The van der Waals surface area contributed by atoms with Crippen molar-refractivity contribution in [1.82, 2.24) is 14.2 Å². The van der Waals surface area contributed by atoms with E-state index in [1.54, 1.807) is 18.2 Å². The second kappa shape index (κ2) is 5.14. The molecule has 2 N–H and O–H groups in total. The van der Waals surface area contributed by atoms with E-state index in [0.717, 1.165) is 5.69 Å². The molecule has 0 spiro atoms. The van der Waals surface area contributed by atoms with Gasteiger partial charge in [-0.3, -0.25) is 4.79 Å². The molecular weight excluding hydrogens is 271 g/mol. The molecule has 2 heterocycles. The first-order valence-corrected chi connectivity index (χ1v) is 6.72. The van der Waals surface area contributed by atoms with Crippen LogP contribution in [0.25, 0.3) is 16.9 Å². The van der Waals surface area contributed by atoms with Crippen molar-refractivity contribution in [3.8, 4) is 11.3 Å². The number of hydrogen-bond donors (Lipinski definition) is 1. The minimum absolute atomic E-state index is 0.238. The van der Waals surface area contributed by atoms with Gasteiger partial charge in [-0.1, -0.05) is 12.1 Å². The molecule has 0 aliphatic carbocycles. The lowest BCUT2D eigenvalue weighted by atomic mass is 10.1. The minimum atomic E-state index is -0.335. The molecule has 0 radical (unpaired) electrons. The Kier molecular flexibility index (Phi) is 3.31. The molecule has 0 aliphatic rings. The summed E-state index contributed by atoms with van der Waals surface area (Å²) in [6.45, 7) is 2.92. The maximum atomic E-state index is 13.3. The monoisotopic (exact) mass is 286 g/mol. The topological polar surface area (TPSA) is 65.3 Å². The number of benzene rings is 1. The van der Waals surface area contributed by atoms with Crippen LogP contribution in [0.4, 0.5) is 4.39 Å². The zero-order valence-corrected chi connectivity index (χ0v) is 11.6. The van der Waals surface area contributed by atoms with Crippen LogP contribution in [0.2, 0.25) is 0 Å². The fourth-order valence-corrected chi connectivity index (χ4v) is 2.48. The van der Waals surface area contributed by atoms with Crippen LogP contribution in [-0.2, 0) is 13.1 Å². The second-order valence-electron chi connectivity index (χ2n) is 4.73. The Bertz CT molecular complexity index is 866. The third-order valence-corrected chi connectivity index (χ3v) is 3.46. The van der Waals surface area contributed by atoms with Gasteiger partial charge in [0, 0.05) is 36.5 Å². The summed E-state index contributed by atoms with van der Waals surface area (Å²) in [5.41, 5.74) is 8.05. The molecule has 0 saturated carbocycles. The summed E-state index contributed by atoms with van der Waals surface area (Å²) in [5, 5.41) is 4.28. The SMILES string of the molecule is CCn1c(CN)cc(=O)n2nc(-c3cccc(F)c3)cc12. The predicted molar refractivity (Wildman–Crippen MR) is 78.4 cm³/mol. The average molecular weight is 286 g/mol. The number of hydrogen-bond acceptors (Lipinski definition) is 3. The largest absolute Gasteiger partial charge is 0.329 e. The van der Waals surface area contributed by atoms with E-state index in [1.807, 2.05) is 11.5 Å². The van der Waals surface area contributed by atoms with Crippen molar-refractivity contribution in [2.75, 3.05) is 0 Å². The van der Waals surface area contributed by atoms with E-state index in [1.165, 1.54) is 22.7 Å². The number of aromatic nitrogens is 3. The van der Waals surface area contributed by atoms with E-state index in [2.05, 4.69) is 5.10 Å². The van der Waals surface area contributed by atoms with E-state index >= 15 is 0 Å². The first-order valence-electron chi connectivity index (χ1n) is 6.72. The summed E-state index contributed by atoms with van der Waals surface area (Å²) in [4.78, 5) is 12.1. The molecule has 0 amide bonds. The Balaban J connectivity index is 2.29. The summed E-state index contributed by atoms with van der Waals surface area (Å²) < 4.78 is 16.6. The molecular formula is C15H15FN4O. The van der Waals surface area contributed by atoms with Gasteiger partial charge in [-0.15, -0.1) is 0 Å². The van der Waals surface area contributed by atoms with Crippen LogP contribution >= 0.6 is 0 Å². The summed E-state index contributed by atoms with van der Waals surface area (Å²) in [7, 11) is 0. The van der Waals surface area contributed by atoms with E-state index in [-0.39, 0.29) is 17.9 Å². The summed E-state index contributed by atoms with van der Waals surface area (Å²) >= 11 is 0. The average Bonchev–Trinajstić information content (AvgIpc) is 2.92. The number of nitrogens with zero attached hydrogens (tertiary/aromatic N) is 3. The summed E-state index contributed by atoms with van der Waals surface area (Å²) in [6.07, 6.45) is 0. The van der Waals surface area contributed by atoms with E-state index in [9.17, 15) is 9.18 Å². The van der Waals surface area contributed by atoms with Crippen molar-refractivity contribution < 1.29 is 4.39 Å². The van der Waals surface area contributed by atoms with Gasteiger partial charge in [0.25, 0.3) is 5.56 Å². The normalized spacial score (nSPS) is 11.2. The lowest BCUT2D eigenvalue weighted by molar-refractivity contribution is 0.628. The first kappa shape index (κ1) is 13.5. The van der Waals surface area contributed by atoms with E-state index < -0.39 is 0 Å². The molecule has 0 bridgehead atoms. The molecule has 5 nitrogen and oxygen atoms in total. The van der Waals surface area contributed by atoms with Crippen LogP contribution in [-0.4, -0.2) is 14.2 Å². The van der Waals surface area contributed by atoms with Gasteiger partial charge >= 0.3 is 0 Å². The fourth-order valence-electron chi connectivity index (χ4n) is 2.48. The highest BCUT2D eigenvalue weighted by Gasteiger charge is 2.12. The summed E-state index contributed by atoms with van der Waals surface area (Å²) in [5.74, 6) is -0.335. The highest BCUT2D eigenvalue weighted by Crippen LogP contribution is 2.20. The highest BCUT2D eigenvalue weighted by atomic mass is 19.1. The molecule has 1 aromatic carbocycles. The first-order chi connectivity index (χ1) is 10.1. The van der Waals surface area contributed by atoms with Gasteiger partial charge in [0.2, 0.25) is 0 Å². The Morgan fingerprint density at radius 1 is 1.29 bits per heavy atom. The molecule has 2 aromatic heterocycles. The minimum Gasteiger partial charge on any atom is -0.329 e. The van der Waals surface area contributed by atoms with Crippen LogP contribution in [0.3, 0.4) is 0 Å². The molecule has 21 heavy (non-hydrogen) atoms. The molecule has 3 rings (SSSR count). The van der Waals surface area contributed by atoms with Gasteiger partial charge in [0.1, 0.15) is 11.5 Å². The zero-order valence-electron chi connectivity index (χ0n) is 11.6. The smallest absolute Gasteiger partial charge is 0.274 e. The van der Waals surface area contributed by atoms with Gasteiger partial charge < -0.3 is 10.3 Å². The molecule has 0 atom stereocenters. The Hall–Kier alpha value is -2.47.